The maximum absolute atomic E-state index is 11.3. The Morgan fingerprint density at radius 1 is 1.36 bits per heavy atom. The van der Waals surface area contributed by atoms with E-state index in [0.717, 1.165) is 19.3 Å². The van der Waals surface area contributed by atoms with E-state index in [2.05, 4.69) is 0 Å². The van der Waals surface area contributed by atoms with Crippen LogP contribution >= 0.6 is 0 Å². The molecule has 2 saturated heterocycles. The Balaban J connectivity index is 2.15. The van der Waals surface area contributed by atoms with Gasteiger partial charge >= 0.3 is 5.97 Å². The van der Waals surface area contributed by atoms with Crippen LogP contribution in [0.2, 0.25) is 0 Å². The summed E-state index contributed by atoms with van der Waals surface area (Å²) in [6, 6.07) is 0. The molecule has 14 heavy (non-hydrogen) atoms. The van der Waals surface area contributed by atoms with E-state index in [4.69, 9.17) is 9.47 Å². The molecule has 80 valence electrons. The average molecular weight is 200 g/mol. The number of hydrogen-bond donors (Lipinski definition) is 1. The maximum Gasteiger partial charge on any atom is 0.312 e. The highest BCUT2D eigenvalue weighted by Crippen LogP contribution is 2.40. The Bertz CT molecular complexity index is 214. The third-order valence-electron chi connectivity index (χ3n) is 3.41. The van der Waals surface area contributed by atoms with Gasteiger partial charge in [-0.3, -0.25) is 4.79 Å². The lowest BCUT2D eigenvalue weighted by molar-refractivity contribution is -0.163. The molecule has 2 heterocycles. The van der Waals surface area contributed by atoms with Crippen molar-refractivity contribution in [3.8, 4) is 0 Å². The quantitative estimate of drug-likeness (QED) is 0.719. The summed E-state index contributed by atoms with van der Waals surface area (Å²) >= 11 is 0. The Morgan fingerprint density at radius 2 is 2.21 bits per heavy atom. The van der Waals surface area contributed by atoms with Gasteiger partial charge in [-0.15, -0.1) is 0 Å². The molecule has 2 atom stereocenters. The second-order valence-electron chi connectivity index (χ2n) is 4.18. The third kappa shape index (κ3) is 1.53. The topological polar surface area (TPSA) is 55.8 Å². The number of ether oxygens (including phenoxy) is 2. The minimum absolute atomic E-state index is 0.139. The van der Waals surface area contributed by atoms with Crippen molar-refractivity contribution in [3.05, 3.63) is 0 Å². The van der Waals surface area contributed by atoms with E-state index in [0.29, 0.717) is 26.4 Å². The molecular formula is C10H16O4. The first-order valence-electron chi connectivity index (χ1n) is 5.14. The van der Waals surface area contributed by atoms with Gasteiger partial charge in [-0.2, -0.15) is 0 Å². The Labute approximate surface area is 83.2 Å². The summed E-state index contributed by atoms with van der Waals surface area (Å²) < 4.78 is 10.6. The molecule has 1 N–H and O–H groups in total. The Morgan fingerprint density at radius 3 is 2.71 bits per heavy atom. The molecular weight excluding hydrogens is 184 g/mol. The zero-order valence-corrected chi connectivity index (χ0v) is 8.20. The zero-order chi connectivity index (χ0) is 10.0. The molecule has 0 aromatic heterocycles. The first kappa shape index (κ1) is 9.93. The largest absolute Gasteiger partial charge is 0.481 e. The molecule has 0 bridgehead atoms. The Kier molecular flexibility index (Phi) is 2.74. The van der Waals surface area contributed by atoms with Crippen LogP contribution in [0, 0.1) is 11.3 Å². The third-order valence-corrected chi connectivity index (χ3v) is 3.41. The monoisotopic (exact) mass is 200 g/mol. The SMILES string of the molecule is O=C(O)C1(C2CCOC2)CCCOC1. The molecule has 0 radical (unpaired) electrons. The number of hydrogen-bond acceptors (Lipinski definition) is 3. The van der Waals surface area contributed by atoms with Gasteiger partial charge in [0.1, 0.15) is 0 Å². The van der Waals surface area contributed by atoms with Crippen LogP contribution in [-0.2, 0) is 14.3 Å². The van der Waals surface area contributed by atoms with Crippen LogP contribution in [-0.4, -0.2) is 37.5 Å². The first-order chi connectivity index (χ1) is 6.76. The summed E-state index contributed by atoms with van der Waals surface area (Å²) in [7, 11) is 0. The van der Waals surface area contributed by atoms with Crippen molar-refractivity contribution in [2.24, 2.45) is 11.3 Å². The molecule has 0 aromatic carbocycles. The number of carbonyl (C=O) groups is 1. The van der Waals surface area contributed by atoms with Gasteiger partial charge in [0.15, 0.2) is 0 Å². The van der Waals surface area contributed by atoms with Crippen LogP contribution in [0.1, 0.15) is 19.3 Å². The van der Waals surface area contributed by atoms with E-state index in [1.807, 2.05) is 0 Å². The van der Waals surface area contributed by atoms with Gasteiger partial charge < -0.3 is 14.6 Å². The highest BCUT2D eigenvalue weighted by molar-refractivity contribution is 5.75. The van der Waals surface area contributed by atoms with Crippen molar-refractivity contribution in [3.63, 3.8) is 0 Å². The van der Waals surface area contributed by atoms with Gasteiger partial charge in [-0.05, 0) is 19.3 Å². The standard InChI is InChI=1S/C10H16O4/c11-9(12)10(3-1-4-14-7-10)8-2-5-13-6-8/h8H,1-7H2,(H,11,12). The predicted octanol–water partition coefficient (Wildman–Crippen LogP) is 0.904. The van der Waals surface area contributed by atoms with Crippen LogP contribution in [0.5, 0.6) is 0 Å². The molecule has 0 saturated carbocycles. The van der Waals surface area contributed by atoms with Gasteiger partial charge in [-0.1, -0.05) is 0 Å². The average Bonchev–Trinajstić information content (AvgIpc) is 2.72. The van der Waals surface area contributed by atoms with Crippen molar-refractivity contribution >= 4 is 5.97 Å². The molecule has 4 nitrogen and oxygen atoms in total. The van der Waals surface area contributed by atoms with Crippen LogP contribution in [0.15, 0.2) is 0 Å². The van der Waals surface area contributed by atoms with Gasteiger partial charge in [-0.25, -0.2) is 0 Å². The van der Waals surface area contributed by atoms with Crippen molar-refractivity contribution in [2.75, 3.05) is 26.4 Å². The van der Waals surface area contributed by atoms with E-state index in [1.54, 1.807) is 0 Å². The fourth-order valence-corrected chi connectivity index (χ4v) is 2.45. The first-order valence-corrected chi connectivity index (χ1v) is 5.14. The number of rotatable bonds is 2. The minimum Gasteiger partial charge on any atom is -0.481 e. The van der Waals surface area contributed by atoms with Crippen molar-refractivity contribution < 1.29 is 19.4 Å². The summed E-state index contributed by atoms with van der Waals surface area (Å²) in [5.74, 6) is -0.576. The molecule has 2 unspecified atom stereocenters. The molecule has 2 rings (SSSR count). The smallest absolute Gasteiger partial charge is 0.312 e. The second kappa shape index (κ2) is 3.87. The molecule has 0 aliphatic carbocycles. The molecule has 2 fully saturated rings. The summed E-state index contributed by atoms with van der Waals surface area (Å²) in [5.41, 5.74) is -0.672. The second-order valence-corrected chi connectivity index (χ2v) is 4.18. The fraction of sp³-hybridized carbons (Fsp3) is 0.900. The van der Waals surface area contributed by atoms with Crippen LogP contribution in [0.3, 0.4) is 0 Å². The molecule has 2 aliphatic rings. The van der Waals surface area contributed by atoms with E-state index in [9.17, 15) is 9.90 Å². The lowest BCUT2D eigenvalue weighted by atomic mass is 9.71. The Hall–Kier alpha value is -0.610. The summed E-state index contributed by atoms with van der Waals surface area (Å²) in [4.78, 5) is 11.3. The van der Waals surface area contributed by atoms with Crippen molar-refractivity contribution in [2.45, 2.75) is 19.3 Å². The number of carboxylic acid groups (broad SMARTS) is 1. The summed E-state index contributed by atoms with van der Waals surface area (Å²) in [6.45, 7) is 2.33. The molecule has 0 amide bonds. The van der Waals surface area contributed by atoms with Crippen LogP contribution < -0.4 is 0 Å². The maximum atomic E-state index is 11.3. The fourth-order valence-electron chi connectivity index (χ4n) is 2.45. The highest BCUT2D eigenvalue weighted by atomic mass is 16.5. The normalized spacial score (nSPS) is 38.4. The van der Waals surface area contributed by atoms with E-state index < -0.39 is 11.4 Å². The lowest BCUT2D eigenvalue weighted by Gasteiger charge is -2.37. The summed E-state index contributed by atoms with van der Waals surface area (Å²) in [6.07, 6.45) is 2.44. The minimum atomic E-state index is -0.715. The molecule has 0 aromatic rings. The van der Waals surface area contributed by atoms with Gasteiger partial charge in [0.05, 0.1) is 18.6 Å². The molecule has 0 spiro atoms. The van der Waals surface area contributed by atoms with Gasteiger partial charge in [0.25, 0.3) is 0 Å². The highest BCUT2D eigenvalue weighted by Gasteiger charge is 2.48. The lowest BCUT2D eigenvalue weighted by Crippen LogP contribution is -2.45. The van der Waals surface area contributed by atoms with Crippen molar-refractivity contribution in [1.29, 1.82) is 0 Å². The summed E-state index contributed by atoms with van der Waals surface area (Å²) in [5, 5.41) is 9.31. The van der Waals surface area contributed by atoms with E-state index in [-0.39, 0.29) is 5.92 Å². The van der Waals surface area contributed by atoms with Crippen LogP contribution in [0.4, 0.5) is 0 Å². The number of carboxylic acids is 1. The van der Waals surface area contributed by atoms with Crippen molar-refractivity contribution in [1.82, 2.24) is 0 Å². The van der Waals surface area contributed by atoms with Crippen LogP contribution in [0.25, 0.3) is 0 Å². The van der Waals surface area contributed by atoms with Gasteiger partial charge in [0.2, 0.25) is 0 Å². The van der Waals surface area contributed by atoms with E-state index in [1.165, 1.54) is 0 Å². The molecule has 2 aliphatic heterocycles. The molecule has 4 heteroatoms. The van der Waals surface area contributed by atoms with E-state index >= 15 is 0 Å². The predicted molar refractivity (Wildman–Crippen MR) is 49.0 cm³/mol. The number of aliphatic carboxylic acids is 1. The zero-order valence-electron chi connectivity index (χ0n) is 8.20. The van der Waals surface area contributed by atoms with Gasteiger partial charge in [0, 0.05) is 19.1 Å².